The summed E-state index contributed by atoms with van der Waals surface area (Å²) < 4.78 is 31.3. The van der Waals surface area contributed by atoms with Crippen LogP contribution in [0.2, 0.25) is 0 Å². The fraction of sp³-hybridized carbons (Fsp3) is 0.538. The predicted octanol–water partition coefficient (Wildman–Crippen LogP) is 4.75. The molecule has 0 bridgehead atoms. The Bertz CT molecular complexity index is 930. The van der Waals surface area contributed by atoms with Gasteiger partial charge < -0.3 is 9.84 Å². The van der Waals surface area contributed by atoms with Crippen LogP contribution < -0.4 is 4.74 Å². The summed E-state index contributed by atoms with van der Waals surface area (Å²) in [5, 5.41) is 9.39. The number of aliphatic hydroxyl groups is 1. The summed E-state index contributed by atoms with van der Waals surface area (Å²) in [4.78, 5) is 2.77. The number of likely N-dealkylation sites (tertiary alicyclic amines) is 1. The van der Waals surface area contributed by atoms with Crippen LogP contribution in [0.25, 0.3) is 0 Å². The second-order valence-electron chi connectivity index (χ2n) is 8.86. The first-order valence-electron chi connectivity index (χ1n) is 11.8. The molecule has 0 aromatic heterocycles. The lowest BCUT2D eigenvalue weighted by atomic mass is 10.1. The minimum Gasteiger partial charge on any atom is -0.494 e. The number of hydrogen-bond donors (Lipinski definition) is 1. The Morgan fingerprint density at radius 1 is 1.03 bits per heavy atom. The SMILES string of the molecule is Cc1cc(CS(=O)(=O)c2ccccc2)cc(OCCCCCCCN2CCC[C@@H]2CO)c1. The zero-order valence-electron chi connectivity index (χ0n) is 19.2. The molecule has 0 spiro atoms. The number of sulfone groups is 1. The minimum absolute atomic E-state index is 0.0246. The van der Waals surface area contributed by atoms with Crippen LogP contribution in [0.1, 0.15) is 56.1 Å². The Kier molecular flexibility index (Phi) is 9.57. The third kappa shape index (κ3) is 7.61. The maximum Gasteiger partial charge on any atom is 0.182 e. The highest BCUT2D eigenvalue weighted by molar-refractivity contribution is 7.90. The Labute approximate surface area is 193 Å². The van der Waals surface area contributed by atoms with Crippen molar-refractivity contribution in [2.45, 2.75) is 68.6 Å². The average Bonchev–Trinajstić information content (AvgIpc) is 3.23. The maximum absolute atomic E-state index is 12.7. The maximum atomic E-state index is 12.7. The Hall–Kier alpha value is -1.89. The number of benzene rings is 2. The van der Waals surface area contributed by atoms with E-state index >= 15 is 0 Å². The molecule has 1 fully saturated rings. The lowest BCUT2D eigenvalue weighted by Gasteiger charge is -2.22. The van der Waals surface area contributed by atoms with E-state index in [9.17, 15) is 13.5 Å². The van der Waals surface area contributed by atoms with E-state index in [2.05, 4.69) is 4.90 Å². The standard InChI is InChI=1S/C26H37NO4S/c1-22-17-23(21-32(29,30)26-12-6-5-7-13-26)19-25(18-22)31-16-9-4-2-3-8-14-27-15-10-11-24(27)20-28/h5-7,12-13,17-19,24,28H,2-4,8-11,14-16,20-21H2,1H3/t24-/m1/s1. The van der Waals surface area contributed by atoms with Gasteiger partial charge in [0.2, 0.25) is 0 Å². The van der Waals surface area contributed by atoms with E-state index in [4.69, 9.17) is 4.74 Å². The number of aryl methyl sites for hydroxylation is 1. The van der Waals surface area contributed by atoms with Gasteiger partial charge in [-0.25, -0.2) is 8.42 Å². The van der Waals surface area contributed by atoms with Gasteiger partial charge in [-0.2, -0.15) is 0 Å². The molecule has 0 radical (unpaired) electrons. The van der Waals surface area contributed by atoms with Crippen LogP contribution in [0.5, 0.6) is 5.75 Å². The molecular formula is C26H37NO4S. The summed E-state index contributed by atoms with van der Waals surface area (Å²) in [6.45, 7) is 5.13. The second-order valence-corrected chi connectivity index (χ2v) is 10.8. The van der Waals surface area contributed by atoms with E-state index in [1.807, 2.05) is 31.2 Å². The van der Waals surface area contributed by atoms with Crippen LogP contribution in [-0.4, -0.2) is 50.8 Å². The second kappa shape index (κ2) is 12.4. The quantitative estimate of drug-likeness (QED) is 0.438. The highest BCUT2D eigenvalue weighted by atomic mass is 32.2. The summed E-state index contributed by atoms with van der Waals surface area (Å²) in [5.41, 5.74) is 1.76. The average molecular weight is 460 g/mol. The molecule has 5 nitrogen and oxygen atoms in total. The van der Waals surface area contributed by atoms with Crippen molar-refractivity contribution in [3.63, 3.8) is 0 Å². The first kappa shape index (κ1) is 24.7. The van der Waals surface area contributed by atoms with Gasteiger partial charge in [0, 0.05) is 6.04 Å². The third-order valence-electron chi connectivity index (χ3n) is 6.14. The van der Waals surface area contributed by atoms with E-state index in [1.54, 1.807) is 24.3 Å². The van der Waals surface area contributed by atoms with Gasteiger partial charge in [-0.15, -0.1) is 0 Å². The summed E-state index contributed by atoms with van der Waals surface area (Å²) in [6, 6.07) is 14.7. The van der Waals surface area contributed by atoms with Gasteiger partial charge in [0.1, 0.15) is 5.75 Å². The highest BCUT2D eigenvalue weighted by Gasteiger charge is 2.22. The molecule has 2 aromatic carbocycles. The number of unbranched alkanes of at least 4 members (excludes halogenated alkanes) is 4. The molecule has 1 aliphatic heterocycles. The molecule has 0 unspecified atom stereocenters. The van der Waals surface area contributed by atoms with Gasteiger partial charge >= 0.3 is 0 Å². The van der Waals surface area contributed by atoms with Gasteiger partial charge in [0.05, 0.1) is 23.9 Å². The molecule has 0 saturated carbocycles. The molecule has 3 rings (SSSR count). The molecule has 0 aliphatic carbocycles. The third-order valence-corrected chi connectivity index (χ3v) is 7.84. The molecular weight excluding hydrogens is 422 g/mol. The lowest BCUT2D eigenvalue weighted by molar-refractivity contribution is 0.157. The summed E-state index contributed by atoms with van der Waals surface area (Å²) in [7, 11) is -3.37. The van der Waals surface area contributed by atoms with Gasteiger partial charge in [-0.05, 0) is 81.1 Å². The van der Waals surface area contributed by atoms with Crippen molar-refractivity contribution >= 4 is 9.84 Å². The molecule has 1 saturated heterocycles. The topological polar surface area (TPSA) is 66.8 Å². The molecule has 1 aliphatic rings. The molecule has 176 valence electrons. The lowest BCUT2D eigenvalue weighted by Crippen LogP contribution is -2.32. The van der Waals surface area contributed by atoms with Crippen molar-refractivity contribution in [2.24, 2.45) is 0 Å². The zero-order valence-corrected chi connectivity index (χ0v) is 20.0. The zero-order chi connectivity index (χ0) is 22.8. The van der Waals surface area contributed by atoms with Crippen molar-refractivity contribution in [1.29, 1.82) is 0 Å². The Morgan fingerprint density at radius 2 is 1.78 bits per heavy atom. The first-order valence-corrected chi connectivity index (χ1v) is 13.5. The van der Waals surface area contributed by atoms with E-state index in [0.29, 0.717) is 17.5 Å². The van der Waals surface area contributed by atoms with Crippen molar-refractivity contribution in [3.8, 4) is 5.75 Å². The van der Waals surface area contributed by atoms with Crippen LogP contribution in [0.15, 0.2) is 53.4 Å². The monoisotopic (exact) mass is 459 g/mol. The molecule has 0 amide bonds. The van der Waals surface area contributed by atoms with Crippen LogP contribution in [0.4, 0.5) is 0 Å². The van der Waals surface area contributed by atoms with Crippen molar-refractivity contribution in [1.82, 2.24) is 4.90 Å². The number of aliphatic hydroxyl groups excluding tert-OH is 1. The molecule has 32 heavy (non-hydrogen) atoms. The van der Waals surface area contributed by atoms with Crippen molar-refractivity contribution < 1.29 is 18.3 Å². The van der Waals surface area contributed by atoms with Gasteiger partial charge in [0.25, 0.3) is 0 Å². The summed E-state index contributed by atoms with van der Waals surface area (Å²) in [6.07, 6.45) is 8.05. The van der Waals surface area contributed by atoms with Gasteiger partial charge in [-0.3, -0.25) is 4.90 Å². The smallest absolute Gasteiger partial charge is 0.182 e. The fourth-order valence-electron chi connectivity index (χ4n) is 4.46. The predicted molar refractivity (Wildman–Crippen MR) is 129 cm³/mol. The normalized spacial score (nSPS) is 17.0. The van der Waals surface area contributed by atoms with E-state index in [0.717, 1.165) is 49.2 Å². The molecule has 6 heteroatoms. The highest BCUT2D eigenvalue weighted by Crippen LogP contribution is 2.22. The van der Waals surface area contributed by atoms with Crippen LogP contribution in [-0.2, 0) is 15.6 Å². The van der Waals surface area contributed by atoms with E-state index < -0.39 is 9.84 Å². The largest absolute Gasteiger partial charge is 0.494 e. The number of hydrogen-bond acceptors (Lipinski definition) is 5. The van der Waals surface area contributed by atoms with E-state index in [1.165, 1.54) is 25.7 Å². The fourth-order valence-corrected chi connectivity index (χ4v) is 5.80. The van der Waals surface area contributed by atoms with E-state index in [-0.39, 0.29) is 12.4 Å². The van der Waals surface area contributed by atoms with Gasteiger partial charge in [0.15, 0.2) is 9.84 Å². The molecule has 1 atom stereocenters. The molecule has 2 aromatic rings. The van der Waals surface area contributed by atoms with Crippen LogP contribution >= 0.6 is 0 Å². The van der Waals surface area contributed by atoms with Gasteiger partial charge in [-0.1, -0.05) is 43.5 Å². The number of nitrogens with zero attached hydrogens (tertiary/aromatic N) is 1. The minimum atomic E-state index is -3.37. The molecule has 1 N–H and O–H groups in total. The number of ether oxygens (including phenoxy) is 1. The first-order chi connectivity index (χ1) is 15.5. The van der Waals surface area contributed by atoms with Crippen molar-refractivity contribution in [2.75, 3.05) is 26.3 Å². The number of rotatable bonds is 13. The summed E-state index contributed by atoms with van der Waals surface area (Å²) in [5.74, 6) is 0.718. The van der Waals surface area contributed by atoms with Crippen LogP contribution in [0.3, 0.4) is 0 Å². The summed E-state index contributed by atoms with van der Waals surface area (Å²) >= 11 is 0. The van der Waals surface area contributed by atoms with Crippen LogP contribution in [0, 0.1) is 6.92 Å². The van der Waals surface area contributed by atoms with Crippen molar-refractivity contribution in [3.05, 3.63) is 59.7 Å². The Morgan fingerprint density at radius 3 is 2.56 bits per heavy atom. The molecule has 1 heterocycles. The Balaban J connectivity index is 1.37.